The van der Waals surface area contributed by atoms with Crippen molar-refractivity contribution in [2.75, 3.05) is 11.9 Å². The van der Waals surface area contributed by atoms with E-state index >= 15 is 0 Å². The first-order valence-corrected chi connectivity index (χ1v) is 10.5. The van der Waals surface area contributed by atoms with Gasteiger partial charge in [0.1, 0.15) is 0 Å². The van der Waals surface area contributed by atoms with Crippen molar-refractivity contribution in [2.45, 2.75) is 68.1 Å². The van der Waals surface area contributed by atoms with Crippen molar-refractivity contribution >= 4 is 30.9 Å². The van der Waals surface area contributed by atoms with E-state index < -0.39 is 0 Å². The first-order chi connectivity index (χ1) is 12.2. The maximum Gasteiger partial charge on any atom is 0.0340 e. The molecule has 2 aromatic rings. The fraction of sp³-hybridized carbons (Fsp3) is 0.455. The molecule has 0 unspecified atom stereocenters. The zero-order chi connectivity index (χ0) is 17.9. The van der Waals surface area contributed by atoms with Gasteiger partial charge in [0.05, 0.1) is 0 Å². The standard InChI is InChI=1S/C22H31NS2/c1-2-3-4-5-6-7-8-9-16-23-19-12-10-18(11-13-19)21-17-20(24)14-15-22(21)25/h10-15,17,23-25H,2-9,16H2,1H3. The molecule has 0 spiro atoms. The third-order valence-corrected chi connectivity index (χ3v) is 5.20. The molecule has 2 aromatic carbocycles. The number of benzene rings is 2. The number of nitrogens with one attached hydrogen (secondary N) is 1. The first-order valence-electron chi connectivity index (χ1n) is 9.57. The molecule has 0 fully saturated rings. The van der Waals surface area contributed by atoms with E-state index in [1.54, 1.807) is 0 Å². The van der Waals surface area contributed by atoms with E-state index in [0.717, 1.165) is 21.9 Å². The molecular weight excluding hydrogens is 342 g/mol. The lowest BCUT2D eigenvalue weighted by molar-refractivity contribution is 0.581. The summed E-state index contributed by atoms with van der Waals surface area (Å²) < 4.78 is 0. The zero-order valence-electron chi connectivity index (χ0n) is 15.3. The number of anilines is 1. The highest BCUT2D eigenvalue weighted by molar-refractivity contribution is 7.80. The van der Waals surface area contributed by atoms with Crippen LogP contribution in [-0.2, 0) is 0 Å². The average Bonchev–Trinajstić information content (AvgIpc) is 2.63. The van der Waals surface area contributed by atoms with Gasteiger partial charge in [0.25, 0.3) is 0 Å². The molecule has 0 saturated carbocycles. The van der Waals surface area contributed by atoms with Gasteiger partial charge in [0, 0.05) is 22.0 Å². The molecule has 0 saturated heterocycles. The van der Waals surface area contributed by atoms with Crippen molar-refractivity contribution in [1.82, 2.24) is 0 Å². The molecule has 0 aromatic heterocycles. The van der Waals surface area contributed by atoms with E-state index in [1.165, 1.54) is 62.6 Å². The average molecular weight is 374 g/mol. The summed E-state index contributed by atoms with van der Waals surface area (Å²) in [6.07, 6.45) is 10.9. The molecule has 2 rings (SSSR count). The lowest BCUT2D eigenvalue weighted by Gasteiger charge is -2.09. The monoisotopic (exact) mass is 373 g/mol. The second-order valence-corrected chi connectivity index (χ2v) is 7.68. The van der Waals surface area contributed by atoms with Gasteiger partial charge in [0.15, 0.2) is 0 Å². The molecule has 1 N–H and O–H groups in total. The minimum Gasteiger partial charge on any atom is -0.385 e. The van der Waals surface area contributed by atoms with Gasteiger partial charge in [-0.25, -0.2) is 0 Å². The summed E-state index contributed by atoms with van der Waals surface area (Å²) in [4.78, 5) is 1.95. The predicted molar refractivity (Wildman–Crippen MR) is 117 cm³/mol. The number of hydrogen-bond acceptors (Lipinski definition) is 3. The molecule has 1 nitrogen and oxygen atoms in total. The van der Waals surface area contributed by atoms with Gasteiger partial charge in [0.2, 0.25) is 0 Å². The Bertz CT molecular complexity index is 622. The molecule has 0 aliphatic rings. The highest BCUT2D eigenvalue weighted by Crippen LogP contribution is 2.29. The summed E-state index contributed by atoms with van der Waals surface area (Å²) in [5.41, 5.74) is 3.50. The third-order valence-electron chi connectivity index (χ3n) is 4.54. The van der Waals surface area contributed by atoms with Crippen LogP contribution in [0, 0.1) is 0 Å². The van der Waals surface area contributed by atoms with Gasteiger partial charge < -0.3 is 5.32 Å². The van der Waals surface area contributed by atoms with Crippen LogP contribution in [0.4, 0.5) is 5.69 Å². The molecule has 0 aliphatic carbocycles. The van der Waals surface area contributed by atoms with Crippen LogP contribution in [0.5, 0.6) is 0 Å². The smallest absolute Gasteiger partial charge is 0.0340 e. The summed E-state index contributed by atoms with van der Waals surface area (Å²) in [5.74, 6) is 0. The van der Waals surface area contributed by atoms with Crippen molar-refractivity contribution in [3.8, 4) is 11.1 Å². The van der Waals surface area contributed by atoms with Crippen molar-refractivity contribution in [3.05, 3.63) is 42.5 Å². The molecule has 0 radical (unpaired) electrons. The normalized spacial score (nSPS) is 10.8. The lowest BCUT2D eigenvalue weighted by atomic mass is 10.1. The van der Waals surface area contributed by atoms with Gasteiger partial charge in [-0.3, -0.25) is 0 Å². The van der Waals surface area contributed by atoms with Crippen LogP contribution in [0.3, 0.4) is 0 Å². The van der Waals surface area contributed by atoms with E-state index in [-0.39, 0.29) is 0 Å². The Labute approximate surface area is 164 Å². The maximum absolute atomic E-state index is 4.55. The van der Waals surface area contributed by atoms with Gasteiger partial charge in [-0.05, 0) is 47.9 Å². The van der Waals surface area contributed by atoms with Gasteiger partial charge in [-0.15, -0.1) is 25.3 Å². The Morgan fingerprint density at radius 1 is 0.760 bits per heavy atom. The summed E-state index contributed by atoms with van der Waals surface area (Å²) in [7, 11) is 0. The highest BCUT2D eigenvalue weighted by Gasteiger charge is 2.03. The van der Waals surface area contributed by atoms with E-state index in [1.807, 2.05) is 12.1 Å². The molecule has 25 heavy (non-hydrogen) atoms. The van der Waals surface area contributed by atoms with Crippen LogP contribution in [0.25, 0.3) is 11.1 Å². The van der Waals surface area contributed by atoms with Crippen molar-refractivity contribution < 1.29 is 0 Å². The number of rotatable bonds is 11. The van der Waals surface area contributed by atoms with Gasteiger partial charge >= 0.3 is 0 Å². The topological polar surface area (TPSA) is 12.0 Å². The summed E-state index contributed by atoms with van der Waals surface area (Å²) >= 11 is 8.97. The highest BCUT2D eigenvalue weighted by atomic mass is 32.1. The molecule has 0 heterocycles. The fourth-order valence-electron chi connectivity index (χ4n) is 3.01. The minimum absolute atomic E-state index is 0.963. The van der Waals surface area contributed by atoms with E-state index in [4.69, 9.17) is 0 Å². The van der Waals surface area contributed by atoms with Crippen LogP contribution in [0.2, 0.25) is 0 Å². The number of hydrogen-bond donors (Lipinski definition) is 3. The second-order valence-electron chi connectivity index (χ2n) is 6.68. The van der Waals surface area contributed by atoms with Crippen LogP contribution < -0.4 is 5.32 Å². The van der Waals surface area contributed by atoms with Crippen molar-refractivity contribution in [1.29, 1.82) is 0 Å². The van der Waals surface area contributed by atoms with Crippen LogP contribution >= 0.6 is 25.3 Å². The van der Waals surface area contributed by atoms with Gasteiger partial charge in [-0.2, -0.15) is 0 Å². The Morgan fingerprint density at radius 2 is 1.40 bits per heavy atom. The largest absolute Gasteiger partial charge is 0.385 e. The Kier molecular flexibility index (Phi) is 9.35. The Hall–Kier alpha value is -1.06. The minimum atomic E-state index is 0.963. The Morgan fingerprint density at radius 3 is 2.08 bits per heavy atom. The van der Waals surface area contributed by atoms with Crippen LogP contribution in [-0.4, -0.2) is 6.54 Å². The zero-order valence-corrected chi connectivity index (χ0v) is 17.1. The maximum atomic E-state index is 4.55. The number of thiol groups is 2. The van der Waals surface area contributed by atoms with Crippen molar-refractivity contribution in [3.63, 3.8) is 0 Å². The third kappa shape index (κ3) is 7.37. The second kappa shape index (κ2) is 11.5. The summed E-state index contributed by atoms with van der Waals surface area (Å²) in [6, 6.07) is 14.6. The molecule has 0 aliphatic heterocycles. The van der Waals surface area contributed by atoms with E-state index in [2.05, 4.69) is 67.8 Å². The molecular formula is C22H31NS2. The Balaban J connectivity index is 1.69. The SMILES string of the molecule is CCCCCCCCCCNc1ccc(-c2cc(S)ccc2S)cc1. The predicted octanol–water partition coefficient (Wildman–Crippen LogP) is 7.48. The van der Waals surface area contributed by atoms with Crippen LogP contribution in [0.1, 0.15) is 58.3 Å². The van der Waals surface area contributed by atoms with E-state index in [0.29, 0.717) is 0 Å². The number of unbranched alkanes of at least 4 members (excludes halogenated alkanes) is 7. The summed E-state index contributed by atoms with van der Waals surface area (Å²) in [5, 5.41) is 3.53. The first kappa shape index (κ1) is 20.3. The molecule has 0 bridgehead atoms. The lowest BCUT2D eigenvalue weighted by Crippen LogP contribution is -2.01. The molecule has 0 atom stereocenters. The van der Waals surface area contributed by atoms with Crippen molar-refractivity contribution in [2.24, 2.45) is 0 Å². The van der Waals surface area contributed by atoms with Crippen LogP contribution in [0.15, 0.2) is 52.3 Å². The molecule has 136 valence electrons. The quantitative estimate of drug-likeness (QED) is 0.274. The fourth-order valence-corrected chi connectivity index (χ4v) is 3.49. The molecule has 0 amide bonds. The summed E-state index contributed by atoms with van der Waals surface area (Å²) in [6.45, 7) is 3.32. The van der Waals surface area contributed by atoms with Gasteiger partial charge in [-0.1, -0.05) is 64.0 Å². The van der Waals surface area contributed by atoms with E-state index in [9.17, 15) is 0 Å². The molecule has 3 heteroatoms.